The Bertz CT molecular complexity index is 3910. The molecule has 2 aliphatic carbocycles. The highest BCUT2D eigenvalue weighted by molar-refractivity contribution is 6.13. The molecule has 0 radical (unpaired) electrons. The van der Waals surface area contributed by atoms with Gasteiger partial charge in [-0.25, -0.2) is 14.2 Å². The average molecular weight is 1530 g/mol. The van der Waals surface area contributed by atoms with E-state index in [-0.39, 0.29) is 116 Å². The summed E-state index contributed by atoms with van der Waals surface area (Å²) in [5, 5.41) is 40.7. The average Bonchev–Trinajstić information content (AvgIpc) is 1.58. The molecule has 5 aliphatic rings. The Morgan fingerprint density at radius 3 is 1.82 bits per heavy atom. The lowest BCUT2D eigenvalue weighted by molar-refractivity contribution is -0.172. The van der Waals surface area contributed by atoms with Crippen LogP contribution in [0.1, 0.15) is 90.4 Å². The monoisotopic (exact) mass is 1530 g/mol. The van der Waals surface area contributed by atoms with Crippen molar-refractivity contribution in [2.75, 3.05) is 158 Å². The van der Waals surface area contributed by atoms with Gasteiger partial charge < -0.3 is 104 Å². The van der Waals surface area contributed by atoms with Crippen LogP contribution in [0, 0.1) is 24.6 Å². The van der Waals surface area contributed by atoms with E-state index >= 15 is 4.39 Å². The summed E-state index contributed by atoms with van der Waals surface area (Å²) in [5.41, 5.74) is 1.10. The molecule has 3 aliphatic heterocycles. The molecular formula is C74H97FN10O24. The highest BCUT2D eigenvalue weighted by Gasteiger charge is 2.46. The first-order valence-corrected chi connectivity index (χ1v) is 36.6. The Labute approximate surface area is 627 Å². The van der Waals surface area contributed by atoms with Gasteiger partial charge in [0.2, 0.25) is 41.7 Å². The maximum Gasteiger partial charge on any atom is 0.343 e. The van der Waals surface area contributed by atoms with Gasteiger partial charge in [0, 0.05) is 60.2 Å². The number of hydrogen-bond acceptors (Lipinski definition) is 25. The fourth-order valence-electron chi connectivity index (χ4n) is 13.1. The number of rotatable bonds is 48. The van der Waals surface area contributed by atoms with Crippen molar-refractivity contribution >= 4 is 70.0 Å². The number of pyridine rings is 2. The van der Waals surface area contributed by atoms with Gasteiger partial charge in [0.25, 0.3) is 23.3 Å². The van der Waals surface area contributed by atoms with Gasteiger partial charge in [0.15, 0.2) is 5.60 Å². The second-order valence-electron chi connectivity index (χ2n) is 26.3. The summed E-state index contributed by atoms with van der Waals surface area (Å²) < 4.78 is 76.7. The Morgan fingerprint density at radius 1 is 0.651 bits per heavy atom. The number of fused-ring (bicyclic) bond motifs is 5. The number of esters is 1. The first-order chi connectivity index (χ1) is 52.7. The summed E-state index contributed by atoms with van der Waals surface area (Å²) in [6.07, 6.45) is 3.96. The molecule has 2 aromatic carbocycles. The topological polar surface area (TPSA) is 435 Å². The number of aromatic nitrogens is 2. The van der Waals surface area contributed by atoms with E-state index in [0.717, 1.165) is 25.7 Å². The Balaban J connectivity index is 0.544. The van der Waals surface area contributed by atoms with Crippen molar-refractivity contribution in [1.82, 2.24) is 51.7 Å². The van der Waals surface area contributed by atoms with E-state index < -0.39 is 103 Å². The molecule has 34 nitrogen and oxygen atoms in total. The highest BCUT2D eigenvalue weighted by Crippen LogP contribution is 2.46. The van der Waals surface area contributed by atoms with Gasteiger partial charge in [0.1, 0.15) is 31.8 Å². The van der Waals surface area contributed by atoms with Crippen LogP contribution in [-0.4, -0.2) is 255 Å². The highest BCUT2D eigenvalue weighted by atomic mass is 19.1. The van der Waals surface area contributed by atoms with Crippen LogP contribution < -0.4 is 42.8 Å². The molecule has 1 fully saturated rings. The standard InChI is InChI=1S/C74H97FN10O24/c1-3-74(98)53-36-58-67-51(42-84(58)71(95)52(53)43-108-73(74)97)66-55(14-13-50-46(2)54(75)37-56(82-67)65(50)66)83-70(94)72(96)109-45-80-60(87)39-79-69(93)57(35-47-7-5-4-6-8-47)81-61(88)40-77-59(86)38-78-62(89)44-107-34-33-106-32-31-105-30-29-104-28-27-103-26-25-102-24-23-101-22-21-100-20-19-99-18-17-76-68(92)49-11-9-48(10-12-49)41-85-63(90)15-16-64(85)91/h4-8,15-16,36-37,48-49,55,57,72,96,98H,3,9-14,17-35,38-45H2,1-2H3,(H,76,92)(H,77,86)(H,78,89)(H,79,93)(H,80,87)(H,81,88)(H,83,94)/t48-,49-,55-,57-,72-,74-/m0/s1. The second kappa shape index (κ2) is 42.7. The zero-order valence-electron chi connectivity index (χ0n) is 61.2. The predicted molar refractivity (Wildman–Crippen MR) is 381 cm³/mol. The van der Waals surface area contributed by atoms with E-state index in [1.54, 1.807) is 44.2 Å². The zero-order chi connectivity index (χ0) is 77.7. The minimum Gasteiger partial charge on any atom is -0.458 e. The van der Waals surface area contributed by atoms with Crippen molar-refractivity contribution in [2.24, 2.45) is 11.8 Å². The van der Waals surface area contributed by atoms with Gasteiger partial charge in [-0.3, -0.25) is 52.8 Å². The van der Waals surface area contributed by atoms with Crippen molar-refractivity contribution < 1.29 is 115 Å². The lowest BCUT2D eigenvalue weighted by Gasteiger charge is -2.31. The van der Waals surface area contributed by atoms with Gasteiger partial charge in [-0.2, -0.15) is 0 Å². The predicted octanol–water partition coefficient (Wildman–Crippen LogP) is -0.888. The number of amides is 9. The minimum atomic E-state index is -2.13. The first-order valence-electron chi connectivity index (χ1n) is 36.6. The van der Waals surface area contributed by atoms with Gasteiger partial charge in [-0.1, -0.05) is 37.3 Å². The molecule has 4 atom stereocenters. The van der Waals surface area contributed by atoms with Crippen molar-refractivity contribution in [3.05, 3.63) is 110 Å². The Hall–Kier alpha value is -9.11. The molecule has 0 saturated heterocycles. The molecule has 109 heavy (non-hydrogen) atoms. The van der Waals surface area contributed by atoms with Crippen molar-refractivity contribution in [3.8, 4) is 11.4 Å². The zero-order valence-corrected chi connectivity index (χ0v) is 61.2. The molecule has 9 rings (SSSR count). The quantitative estimate of drug-likeness (QED) is 0.00987. The third kappa shape index (κ3) is 24.2. The number of aliphatic hydroxyl groups excluding tert-OH is 1. The van der Waals surface area contributed by atoms with Crippen LogP contribution >= 0.6 is 0 Å². The van der Waals surface area contributed by atoms with Gasteiger partial charge in [0.05, 0.1) is 167 Å². The van der Waals surface area contributed by atoms with Gasteiger partial charge >= 0.3 is 5.97 Å². The van der Waals surface area contributed by atoms with Gasteiger partial charge in [-0.05, 0) is 86.1 Å². The van der Waals surface area contributed by atoms with Crippen LogP contribution in [0.2, 0.25) is 0 Å². The van der Waals surface area contributed by atoms with Crippen LogP contribution in [0.4, 0.5) is 4.39 Å². The number of aliphatic hydroxyl groups is 2. The normalized spacial score (nSPS) is 18.1. The van der Waals surface area contributed by atoms with Crippen LogP contribution in [-0.2, 0) is 132 Å². The summed E-state index contributed by atoms with van der Waals surface area (Å²) in [5.74, 6) is -6.45. The summed E-state index contributed by atoms with van der Waals surface area (Å²) >= 11 is 0. The number of cyclic esters (lactones) is 1. The molecule has 0 unspecified atom stereocenters. The number of carbonyl (C=O) groups is 10. The third-order valence-corrected chi connectivity index (χ3v) is 19.0. The molecule has 0 bridgehead atoms. The summed E-state index contributed by atoms with van der Waals surface area (Å²) in [6.45, 7) is 6.78. The number of nitrogens with zero attached hydrogens (tertiary/aromatic N) is 3. The largest absolute Gasteiger partial charge is 0.458 e. The third-order valence-electron chi connectivity index (χ3n) is 19.0. The van der Waals surface area contributed by atoms with Crippen molar-refractivity contribution in [1.29, 1.82) is 0 Å². The van der Waals surface area contributed by atoms with Crippen LogP contribution in [0.3, 0.4) is 0 Å². The smallest absolute Gasteiger partial charge is 0.343 e. The summed E-state index contributed by atoms with van der Waals surface area (Å²) in [4.78, 5) is 147. The minimum absolute atomic E-state index is 0.00377. The van der Waals surface area contributed by atoms with E-state index in [1.165, 1.54) is 33.8 Å². The summed E-state index contributed by atoms with van der Waals surface area (Å²) in [7, 11) is 0. The second-order valence-corrected chi connectivity index (χ2v) is 26.3. The number of ether oxygens (including phenoxy) is 11. The number of halogens is 1. The van der Waals surface area contributed by atoms with Crippen LogP contribution in [0.5, 0.6) is 0 Å². The maximum absolute atomic E-state index is 15.4. The van der Waals surface area contributed by atoms with E-state index in [0.29, 0.717) is 145 Å². The van der Waals surface area contributed by atoms with Crippen LogP contribution in [0.25, 0.3) is 22.3 Å². The molecule has 1 saturated carbocycles. The van der Waals surface area contributed by atoms with Crippen molar-refractivity contribution in [3.63, 3.8) is 0 Å². The summed E-state index contributed by atoms with van der Waals surface area (Å²) in [6, 6.07) is 9.38. The number of benzene rings is 2. The molecule has 35 heteroatoms. The Morgan fingerprint density at radius 2 is 1.21 bits per heavy atom. The molecule has 4 aromatic rings. The molecule has 0 spiro atoms. The van der Waals surface area contributed by atoms with Crippen molar-refractivity contribution in [2.45, 2.75) is 102 Å². The fraction of sp³-hybridized carbons (Fsp3) is 0.568. The van der Waals surface area contributed by atoms with E-state index in [9.17, 15) is 63.0 Å². The first kappa shape index (κ1) is 83.9. The lowest BCUT2D eigenvalue weighted by Crippen LogP contribution is -2.52. The van der Waals surface area contributed by atoms with Gasteiger partial charge in [-0.15, -0.1) is 0 Å². The molecule has 5 heterocycles. The fourth-order valence-corrected chi connectivity index (χ4v) is 13.1. The van der Waals surface area contributed by atoms with Crippen LogP contribution in [0.15, 0.2) is 59.4 Å². The Kier molecular flexibility index (Phi) is 32.9. The molecule has 9 amide bonds. The van der Waals surface area contributed by atoms with E-state index in [2.05, 4.69) is 37.2 Å². The number of aryl methyl sites for hydroxylation is 1. The van der Waals surface area contributed by atoms with E-state index in [4.69, 9.17) is 57.1 Å². The molecule has 9 N–H and O–H groups in total. The molecule has 594 valence electrons. The number of hydrogen-bond donors (Lipinski definition) is 9. The molecule has 2 aromatic heterocycles. The van der Waals surface area contributed by atoms with E-state index in [1.807, 2.05) is 0 Å². The number of imide groups is 1. The number of nitrogens with one attached hydrogen (secondary N) is 7. The number of carbonyl (C=O) groups excluding carboxylic acids is 10. The SMILES string of the molecule is CC[C@@]1(O)C(=O)OCc2c1cc1n(c2=O)Cc2c-1nc1cc(F)c(C)c3c1c2[C@@H](NC(=O)[C@@H](O)OCNC(=O)CNC(=O)[C@H](Cc1ccccc1)NC(=O)CNC(=O)CNC(=O)COCCOCCOCCOCCOCCOCCOCCOCCOCCNC(=O)[C@H]1CC[C@H](CN2C(=O)C=CC2=O)CC1)CC3. The lowest BCUT2D eigenvalue weighted by atomic mass is 9.81. The molecular weight excluding hydrogens is 1430 g/mol. The maximum atomic E-state index is 15.4.